The summed E-state index contributed by atoms with van der Waals surface area (Å²) in [6.07, 6.45) is 1.92. The molecule has 0 bridgehead atoms. The number of unbranched alkanes of at least 4 members (excludes halogenated alkanes) is 1. The molecule has 0 aliphatic carbocycles. The van der Waals surface area contributed by atoms with E-state index in [-0.39, 0.29) is 5.56 Å². The summed E-state index contributed by atoms with van der Waals surface area (Å²) in [7, 11) is 0. The summed E-state index contributed by atoms with van der Waals surface area (Å²) in [6, 6.07) is 20.7. The number of hydrogen-bond acceptors (Lipinski definition) is 4. The number of thiophene rings is 1. The molecular formula is C26H23N3OS2. The number of nitrogens with one attached hydrogen (secondary N) is 1. The third-order valence-electron chi connectivity index (χ3n) is 5.75. The van der Waals surface area contributed by atoms with Gasteiger partial charge in [-0.1, -0.05) is 73.5 Å². The second kappa shape index (κ2) is 8.45. The number of fused-ring (bicyclic) bond motifs is 3. The number of nitrogens with zero attached hydrogens (tertiary/aromatic N) is 2. The molecule has 32 heavy (non-hydrogen) atoms. The van der Waals surface area contributed by atoms with Gasteiger partial charge in [-0.25, -0.2) is 4.98 Å². The summed E-state index contributed by atoms with van der Waals surface area (Å²) >= 11 is 7.02. The Morgan fingerprint density at radius 3 is 2.53 bits per heavy atom. The van der Waals surface area contributed by atoms with Crippen molar-refractivity contribution >= 4 is 44.0 Å². The van der Waals surface area contributed by atoms with E-state index < -0.39 is 0 Å². The quantitative estimate of drug-likeness (QED) is 0.286. The van der Waals surface area contributed by atoms with E-state index in [9.17, 15) is 4.79 Å². The number of aryl methyl sites for hydroxylation is 1. The standard InChI is InChI=1S/C26H23N3OS2/c1-3-4-14-29-25(30)23-22(28-26(29)31)21-19(17-8-6-5-7-9-17)15-20(27-24(21)32-23)18-12-10-16(2)11-13-18/h5-13,15H,3-4,14H2,1-2H3,(H,28,31). The highest BCUT2D eigenvalue weighted by atomic mass is 32.1. The van der Waals surface area contributed by atoms with E-state index in [1.807, 2.05) is 18.2 Å². The molecule has 0 aliphatic heterocycles. The molecule has 0 aliphatic rings. The SMILES string of the molecule is CCCCn1c(=S)[nH]c2c(sc3nc(-c4ccc(C)cc4)cc(-c4ccccc4)c32)c1=O. The Bertz CT molecular complexity index is 1540. The third kappa shape index (κ3) is 3.59. The van der Waals surface area contributed by atoms with Crippen molar-refractivity contribution in [2.75, 3.05) is 0 Å². The summed E-state index contributed by atoms with van der Waals surface area (Å²) in [6.45, 7) is 4.81. The van der Waals surface area contributed by atoms with Crippen LogP contribution in [0.5, 0.6) is 0 Å². The molecule has 5 rings (SSSR count). The van der Waals surface area contributed by atoms with Crippen molar-refractivity contribution in [3.63, 3.8) is 0 Å². The number of hydrogen-bond donors (Lipinski definition) is 1. The van der Waals surface area contributed by atoms with E-state index >= 15 is 0 Å². The Morgan fingerprint density at radius 2 is 1.81 bits per heavy atom. The molecule has 0 atom stereocenters. The fourth-order valence-corrected chi connectivity index (χ4v) is 5.37. The molecule has 0 saturated heterocycles. The van der Waals surface area contributed by atoms with Gasteiger partial charge in [0.25, 0.3) is 5.56 Å². The molecule has 0 amide bonds. The minimum atomic E-state index is -0.0314. The molecule has 1 N–H and O–H groups in total. The van der Waals surface area contributed by atoms with Crippen LogP contribution < -0.4 is 5.56 Å². The molecule has 6 heteroatoms. The van der Waals surface area contributed by atoms with Crippen LogP contribution >= 0.6 is 23.6 Å². The van der Waals surface area contributed by atoms with Crippen molar-refractivity contribution in [2.45, 2.75) is 33.2 Å². The molecular weight excluding hydrogens is 434 g/mol. The van der Waals surface area contributed by atoms with Crippen LogP contribution in [-0.2, 0) is 6.54 Å². The van der Waals surface area contributed by atoms with Crippen molar-refractivity contribution in [1.29, 1.82) is 0 Å². The summed E-state index contributed by atoms with van der Waals surface area (Å²) in [5.41, 5.74) is 6.05. The molecule has 0 saturated carbocycles. The average Bonchev–Trinajstić information content (AvgIpc) is 3.18. The zero-order valence-corrected chi connectivity index (χ0v) is 19.6. The topological polar surface area (TPSA) is 50.7 Å². The van der Waals surface area contributed by atoms with E-state index in [4.69, 9.17) is 17.2 Å². The first-order chi connectivity index (χ1) is 15.6. The van der Waals surface area contributed by atoms with E-state index in [2.05, 4.69) is 61.3 Å². The van der Waals surface area contributed by atoms with Gasteiger partial charge < -0.3 is 4.98 Å². The average molecular weight is 458 g/mol. The summed E-state index contributed by atoms with van der Waals surface area (Å²) in [4.78, 5) is 22.5. The lowest BCUT2D eigenvalue weighted by Crippen LogP contribution is -2.21. The lowest BCUT2D eigenvalue weighted by atomic mass is 9.99. The highest BCUT2D eigenvalue weighted by Gasteiger charge is 2.18. The Labute approximate surface area is 195 Å². The first-order valence-corrected chi connectivity index (χ1v) is 12.0. The molecule has 5 aromatic rings. The van der Waals surface area contributed by atoms with Gasteiger partial charge in [0.05, 0.1) is 11.2 Å². The van der Waals surface area contributed by atoms with Gasteiger partial charge in [0.2, 0.25) is 0 Å². The monoisotopic (exact) mass is 457 g/mol. The number of benzene rings is 2. The van der Waals surface area contributed by atoms with Gasteiger partial charge in [-0.2, -0.15) is 0 Å². The van der Waals surface area contributed by atoms with Gasteiger partial charge in [0, 0.05) is 17.5 Å². The number of H-pyrrole nitrogens is 1. The molecule has 160 valence electrons. The van der Waals surface area contributed by atoms with Crippen LogP contribution in [-0.4, -0.2) is 14.5 Å². The Morgan fingerprint density at radius 1 is 1.06 bits per heavy atom. The molecule has 0 radical (unpaired) electrons. The molecule has 3 heterocycles. The minimum Gasteiger partial charge on any atom is -0.330 e. The van der Waals surface area contributed by atoms with Crippen molar-refractivity contribution in [1.82, 2.24) is 14.5 Å². The predicted molar refractivity (Wildman–Crippen MR) is 137 cm³/mol. The Hall–Kier alpha value is -3.09. The molecule has 4 nitrogen and oxygen atoms in total. The van der Waals surface area contributed by atoms with Crippen molar-refractivity contribution in [3.05, 3.63) is 81.4 Å². The fraction of sp³-hybridized carbons (Fsp3) is 0.192. The number of rotatable bonds is 5. The minimum absolute atomic E-state index is 0.0314. The molecule has 0 spiro atoms. The third-order valence-corrected chi connectivity index (χ3v) is 7.14. The lowest BCUT2D eigenvalue weighted by molar-refractivity contribution is 0.602. The highest BCUT2D eigenvalue weighted by molar-refractivity contribution is 7.71. The van der Waals surface area contributed by atoms with Crippen LogP contribution in [0.1, 0.15) is 25.3 Å². The first kappa shape index (κ1) is 20.8. The van der Waals surface area contributed by atoms with E-state index in [0.717, 1.165) is 51.0 Å². The van der Waals surface area contributed by atoms with Gasteiger partial charge in [-0.15, -0.1) is 11.3 Å². The fourth-order valence-electron chi connectivity index (χ4n) is 3.99. The molecule has 0 unspecified atom stereocenters. The maximum atomic E-state index is 13.3. The molecule has 2 aromatic carbocycles. The second-order valence-electron chi connectivity index (χ2n) is 8.01. The van der Waals surface area contributed by atoms with Crippen LogP contribution in [0.15, 0.2) is 65.5 Å². The van der Waals surface area contributed by atoms with E-state index in [1.165, 1.54) is 16.9 Å². The van der Waals surface area contributed by atoms with Gasteiger partial charge in [-0.05, 0) is 42.8 Å². The molecule has 3 aromatic heterocycles. The lowest BCUT2D eigenvalue weighted by Gasteiger charge is -2.09. The van der Waals surface area contributed by atoms with Crippen molar-refractivity contribution in [3.8, 4) is 22.4 Å². The second-order valence-corrected chi connectivity index (χ2v) is 9.40. The van der Waals surface area contributed by atoms with Crippen LogP contribution in [0.2, 0.25) is 0 Å². The highest BCUT2D eigenvalue weighted by Crippen LogP contribution is 2.39. The van der Waals surface area contributed by atoms with Crippen molar-refractivity contribution < 1.29 is 0 Å². The van der Waals surface area contributed by atoms with E-state index in [1.54, 1.807) is 4.57 Å². The first-order valence-electron chi connectivity index (χ1n) is 10.8. The number of aromatic nitrogens is 3. The summed E-state index contributed by atoms with van der Waals surface area (Å²) in [5, 5.41) is 0.956. The molecule has 0 fully saturated rings. The zero-order chi connectivity index (χ0) is 22.2. The largest absolute Gasteiger partial charge is 0.330 e. The van der Waals surface area contributed by atoms with Gasteiger partial charge in [-0.3, -0.25) is 9.36 Å². The Kier molecular flexibility index (Phi) is 5.49. The predicted octanol–water partition coefficient (Wildman–Crippen LogP) is 7.11. The van der Waals surface area contributed by atoms with E-state index in [0.29, 0.717) is 16.0 Å². The summed E-state index contributed by atoms with van der Waals surface area (Å²) in [5.74, 6) is 0. The number of pyridine rings is 1. The number of aromatic amines is 1. The normalized spacial score (nSPS) is 11.4. The maximum absolute atomic E-state index is 13.3. The van der Waals surface area contributed by atoms with Crippen LogP contribution in [0.4, 0.5) is 0 Å². The van der Waals surface area contributed by atoms with Crippen molar-refractivity contribution in [2.24, 2.45) is 0 Å². The van der Waals surface area contributed by atoms with Crippen LogP contribution in [0.3, 0.4) is 0 Å². The van der Waals surface area contributed by atoms with Crippen LogP contribution in [0, 0.1) is 11.7 Å². The van der Waals surface area contributed by atoms with Gasteiger partial charge in [0.15, 0.2) is 4.77 Å². The zero-order valence-electron chi connectivity index (χ0n) is 18.0. The van der Waals surface area contributed by atoms with Gasteiger partial charge >= 0.3 is 0 Å². The van der Waals surface area contributed by atoms with Gasteiger partial charge in [0.1, 0.15) is 9.53 Å². The maximum Gasteiger partial charge on any atom is 0.272 e. The summed E-state index contributed by atoms with van der Waals surface area (Å²) < 4.78 is 2.83. The van der Waals surface area contributed by atoms with Crippen LogP contribution in [0.25, 0.3) is 42.8 Å². The smallest absolute Gasteiger partial charge is 0.272 e. The Balaban J connectivity index is 1.85.